The van der Waals surface area contributed by atoms with Gasteiger partial charge in [0, 0.05) is 9.13 Å². The van der Waals surface area contributed by atoms with Crippen LogP contribution < -0.4 is 0 Å². The highest BCUT2D eigenvalue weighted by Crippen LogP contribution is 2.20. The van der Waals surface area contributed by atoms with Gasteiger partial charge in [0.1, 0.15) is 6.26 Å². The molecule has 0 atom stereocenters. The molecule has 0 amide bonds. The molecule has 0 bridgehead atoms. The predicted octanol–water partition coefficient (Wildman–Crippen LogP) is 2.57. The van der Waals surface area contributed by atoms with E-state index in [1.54, 1.807) is 0 Å². The molecule has 0 saturated carbocycles. The lowest BCUT2D eigenvalue weighted by molar-refractivity contribution is -0.136. The van der Waals surface area contributed by atoms with E-state index in [-0.39, 0.29) is 6.42 Å². The van der Waals surface area contributed by atoms with Crippen LogP contribution >= 0.6 is 22.6 Å². The highest BCUT2D eigenvalue weighted by atomic mass is 127. The number of aromatic nitrogens is 1. The highest BCUT2D eigenvalue weighted by molar-refractivity contribution is 14.1. The Kier molecular flexibility index (Phi) is 3.23. The minimum atomic E-state index is -0.914. The fourth-order valence-corrected chi connectivity index (χ4v) is 1.84. The van der Waals surface area contributed by atoms with Crippen LogP contribution in [0.15, 0.2) is 34.9 Å². The summed E-state index contributed by atoms with van der Waals surface area (Å²) < 4.78 is 6.31. The molecule has 2 aromatic rings. The maximum Gasteiger partial charge on any atom is 0.309 e. The number of rotatable bonds is 3. The monoisotopic (exact) mass is 329 g/mol. The molecule has 1 aromatic carbocycles. The van der Waals surface area contributed by atoms with E-state index in [2.05, 4.69) is 27.6 Å². The predicted molar refractivity (Wildman–Crippen MR) is 66.0 cm³/mol. The fourth-order valence-electron chi connectivity index (χ4n) is 1.30. The minimum absolute atomic E-state index is 0.118. The van der Waals surface area contributed by atoms with Gasteiger partial charge in [-0.05, 0) is 40.8 Å². The third kappa shape index (κ3) is 2.60. The fraction of sp³-hybridized carbons (Fsp3) is 0.0909. The van der Waals surface area contributed by atoms with E-state index in [1.165, 1.54) is 6.26 Å². The van der Waals surface area contributed by atoms with Crippen LogP contribution in [0.25, 0.3) is 11.5 Å². The molecule has 4 nitrogen and oxygen atoms in total. The quantitative estimate of drug-likeness (QED) is 0.879. The Labute approximate surface area is 105 Å². The number of hydrogen-bond donors (Lipinski definition) is 1. The second-order valence-electron chi connectivity index (χ2n) is 3.22. The molecule has 0 aliphatic heterocycles. The van der Waals surface area contributed by atoms with Gasteiger partial charge in [-0.1, -0.05) is 6.07 Å². The number of halogens is 1. The average Bonchev–Trinajstić information content (AvgIpc) is 2.65. The van der Waals surface area contributed by atoms with Gasteiger partial charge in [-0.25, -0.2) is 4.98 Å². The van der Waals surface area contributed by atoms with E-state index in [4.69, 9.17) is 9.52 Å². The Bertz CT molecular complexity index is 521. The average molecular weight is 329 g/mol. The summed E-state index contributed by atoms with van der Waals surface area (Å²) in [6.07, 6.45) is 1.26. The molecule has 0 aliphatic rings. The first-order chi connectivity index (χ1) is 7.65. The molecular formula is C11H8INO3. The summed E-state index contributed by atoms with van der Waals surface area (Å²) >= 11 is 2.20. The van der Waals surface area contributed by atoms with Crippen molar-refractivity contribution < 1.29 is 14.3 Å². The number of carboxylic acids is 1. The zero-order chi connectivity index (χ0) is 11.5. The first-order valence-electron chi connectivity index (χ1n) is 4.57. The standard InChI is InChI=1S/C11H8INO3/c12-8-3-1-2-7(4-8)11-13-9(6-16-11)5-10(14)15/h1-4,6H,5H2,(H,14,15). The van der Waals surface area contributed by atoms with Crippen LogP contribution in [0.5, 0.6) is 0 Å². The van der Waals surface area contributed by atoms with E-state index in [0.717, 1.165) is 9.13 Å². The maximum absolute atomic E-state index is 10.5. The second-order valence-corrected chi connectivity index (χ2v) is 4.47. The first-order valence-corrected chi connectivity index (χ1v) is 5.65. The smallest absolute Gasteiger partial charge is 0.309 e. The molecule has 16 heavy (non-hydrogen) atoms. The molecule has 0 radical (unpaired) electrons. The number of carbonyl (C=O) groups is 1. The van der Waals surface area contributed by atoms with Crippen LogP contribution in [-0.4, -0.2) is 16.1 Å². The van der Waals surface area contributed by atoms with E-state index in [9.17, 15) is 4.79 Å². The zero-order valence-corrected chi connectivity index (χ0v) is 10.3. The number of oxazole rings is 1. The van der Waals surface area contributed by atoms with Crippen LogP contribution in [0, 0.1) is 3.57 Å². The molecule has 1 heterocycles. The normalized spacial score (nSPS) is 10.3. The van der Waals surface area contributed by atoms with Gasteiger partial charge < -0.3 is 9.52 Å². The van der Waals surface area contributed by atoms with Crippen LogP contribution in [0.3, 0.4) is 0 Å². The number of nitrogens with zero attached hydrogens (tertiary/aromatic N) is 1. The summed E-state index contributed by atoms with van der Waals surface area (Å²) in [5.41, 5.74) is 1.28. The van der Waals surface area contributed by atoms with Crippen molar-refractivity contribution in [2.45, 2.75) is 6.42 Å². The van der Waals surface area contributed by atoms with E-state index in [1.807, 2.05) is 24.3 Å². The molecule has 0 aliphatic carbocycles. The van der Waals surface area contributed by atoms with Crippen molar-refractivity contribution >= 4 is 28.6 Å². The lowest BCUT2D eigenvalue weighted by atomic mass is 10.2. The molecule has 0 fully saturated rings. The Morgan fingerprint density at radius 1 is 1.50 bits per heavy atom. The van der Waals surface area contributed by atoms with Crippen molar-refractivity contribution in [1.82, 2.24) is 4.98 Å². The van der Waals surface area contributed by atoms with Crippen molar-refractivity contribution in [3.63, 3.8) is 0 Å². The van der Waals surface area contributed by atoms with Gasteiger partial charge in [-0.2, -0.15) is 0 Å². The Balaban J connectivity index is 2.28. The lowest BCUT2D eigenvalue weighted by Gasteiger charge is -1.95. The van der Waals surface area contributed by atoms with Crippen LogP contribution in [0.4, 0.5) is 0 Å². The second kappa shape index (κ2) is 4.65. The van der Waals surface area contributed by atoms with Gasteiger partial charge >= 0.3 is 5.97 Å². The summed E-state index contributed by atoms with van der Waals surface area (Å²) in [5, 5.41) is 8.61. The summed E-state index contributed by atoms with van der Waals surface area (Å²) in [4.78, 5) is 14.6. The molecule has 0 saturated heterocycles. The number of aliphatic carboxylic acids is 1. The summed E-state index contributed by atoms with van der Waals surface area (Å²) in [5.74, 6) is -0.461. The van der Waals surface area contributed by atoms with Crippen molar-refractivity contribution in [3.8, 4) is 11.5 Å². The number of benzene rings is 1. The van der Waals surface area contributed by atoms with Gasteiger partial charge in [0.2, 0.25) is 5.89 Å². The zero-order valence-electron chi connectivity index (χ0n) is 8.18. The Morgan fingerprint density at radius 3 is 3.00 bits per heavy atom. The van der Waals surface area contributed by atoms with Gasteiger partial charge in [-0.3, -0.25) is 4.79 Å². The topological polar surface area (TPSA) is 63.3 Å². The molecule has 0 unspecified atom stereocenters. The molecule has 5 heteroatoms. The summed E-state index contributed by atoms with van der Waals surface area (Å²) in [6, 6.07) is 7.67. The highest BCUT2D eigenvalue weighted by Gasteiger charge is 2.09. The van der Waals surface area contributed by atoms with Crippen molar-refractivity contribution in [2.24, 2.45) is 0 Å². The van der Waals surface area contributed by atoms with Gasteiger partial charge in [0.15, 0.2) is 0 Å². The number of carboxylic acid groups (broad SMARTS) is 1. The van der Waals surface area contributed by atoms with Crippen molar-refractivity contribution in [3.05, 3.63) is 39.8 Å². The van der Waals surface area contributed by atoms with Crippen LogP contribution in [0.1, 0.15) is 5.69 Å². The summed E-state index contributed by atoms with van der Waals surface area (Å²) in [7, 11) is 0. The Morgan fingerprint density at radius 2 is 2.31 bits per heavy atom. The molecule has 82 valence electrons. The van der Waals surface area contributed by atoms with Crippen LogP contribution in [-0.2, 0) is 11.2 Å². The van der Waals surface area contributed by atoms with Crippen LogP contribution in [0.2, 0.25) is 0 Å². The molecule has 2 rings (SSSR count). The van der Waals surface area contributed by atoms with E-state index >= 15 is 0 Å². The molecule has 1 N–H and O–H groups in total. The minimum Gasteiger partial charge on any atom is -0.481 e. The van der Waals surface area contributed by atoms with Crippen molar-refractivity contribution in [2.75, 3.05) is 0 Å². The molecule has 0 spiro atoms. The maximum atomic E-state index is 10.5. The molecular weight excluding hydrogens is 321 g/mol. The Hall–Kier alpha value is -1.37. The lowest BCUT2D eigenvalue weighted by Crippen LogP contribution is -1.99. The third-order valence-electron chi connectivity index (χ3n) is 1.96. The van der Waals surface area contributed by atoms with Gasteiger partial charge in [0.25, 0.3) is 0 Å². The van der Waals surface area contributed by atoms with Crippen molar-refractivity contribution in [1.29, 1.82) is 0 Å². The SMILES string of the molecule is O=C(O)Cc1coc(-c2cccc(I)c2)n1. The number of hydrogen-bond acceptors (Lipinski definition) is 3. The largest absolute Gasteiger partial charge is 0.481 e. The van der Waals surface area contributed by atoms with Gasteiger partial charge in [-0.15, -0.1) is 0 Å². The van der Waals surface area contributed by atoms with Gasteiger partial charge in [0.05, 0.1) is 12.1 Å². The summed E-state index contributed by atoms with van der Waals surface area (Å²) in [6.45, 7) is 0. The van der Waals surface area contributed by atoms with E-state index in [0.29, 0.717) is 11.6 Å². The molecule has 1 aromatic heterocycles. The first kappa shape index (κ1) is 11.1. The third-order valence-corrected chi connectivity index (χ3v) is 2.63. The van der Waals surface area contributed by atoms with E-state index < -0.39 is 5.97 Å².